The number of benzene rings is 3. The highest BCUT2D eigenvalue weighted by molar-refractivity contribution is 6.38. The number of hydrogen-bond donors (Lipinski definition) is 0. The van der Waals surface area contributed by atoms with Crippen molar-refractivity contribution in [1.82, 2.24) is 0 Å². The van der Waals surface area contributed by atoms with E-state index in [2.05, 4.69) is 0 Å². The maximum Gasteiger partial charge on any atom is 0.513 e. The zero-order chi connectivity index (χ0) is 23.4. The highest BCUT2D eigenvalue weighted by Gasteiger charge is 2.23. The van der Waals surface area contributed by atoms with Gasteiger partial charge in [-0.1, -0.05) is 63.0 Å². The Bertz CT molecular complexity index is 1160. The summed E-state index contributed by atoms with van der Waals surface area (Å²) in [6.45, 7) is 8.09. The van der Waals surface area contributed by atoms with Gasteiger partial charge in [-0.25, -0.2) is 9.59 Å². The largest absolute Gasteiger partial charge is 0.513 e. The molecule has 0 N–H and O–H groups in total. The second-order valence-electron chi connectivity index (χ2n) is 8.12. The van der Waals surface area contributed by atoms with E-state index in [4.69, 9.17) is 42.1 Å². The summed E-state index contributed by atoms with van der Waals surface area (Å²) in [5.41, 5.74) is 0. The summed E-state index contributed by atoms with van der Waals surface area (Å²) in [7, 11) is 0. The summed E-state index contributed by atoms with van der Waals surface area (Å²) < 4.78 is 21.5. The Morgan fingerprint density at radius 2 is 1.38 bits per heavy atom. The van der Waals surface area contributed by atoms with Gasteiger partial charge in [0.15, 0.2) is 11.5 Å². The van der Waals surface area contributed by atoms with Crippen LogP contribution >= 0.6 is 23.2 Å². The zero-order valence-electron chi connectivity index (χ0n) is 18.2. The van der Waals surface area contributed by atoms with E-state index in [1.165, 1.54) is 0 Å². The maximum atomic E-state index is 12.4. The Morgan fingerprint density at radius 3 is 1.97 bits per heavy atom. The summed E-state index contributed by atoms with van der Waals surface area (Å²) in [6.07, 6.45) is -1.72. The fourth-order valence-electron chi connectivity index (χ4n) is 3.04. The van der Waals surface area contributed by atoms with Gasteiger partial charge < -0.3 is 18.9 Å². The van der Waals surface area contributed by atoms with Crippen molar-refractivity contribution in [2.24, 2.45) is 11.8 Å². The van der Waals surface area contributed by atoms with E-state index in [0.29, 0.717) is 31.6 Å². The second-order valence-corrected chi connectivity index (χ2v) is 8.97. The lowest BCUT2D eigenvalue weighted by Gasteiger charge is -2.17. The molecule has 3 aromatic rings. The van der Waals surface area contributed by atoms with E-state index in [0.717, 1.165) is 0 Å². The lowest BCUT2D eigenvalue weighted by Crippen LogP contribution is -2.16. The monoisotopic (exact) mass is 478 g/mol. The molecule has 0 unspecified atom stereocenters. The molecule has 170 valence electrons. The van der Waals surface area contributed by atoms with Gasteiger partial charge in [-0.3, -0.25) is 0 Å². The van der Waals surface area contributed by atoms with Crippen LogP contribution in [0.1, 0.15) is 27.7 Å². The normalized spacial score (nSPS) is 11.2. The number of carbonyl (C=O) groups is 2. The van der Waals surface area contributed by atoms with Crippen LogP contribution in [-0.4, -0.2) is 25.5 Å². The minimum atomic E-state index is -0.869. The zero-order valence-corrected chi connectivity index (χ0v) is 19.8. The number of carbonyl (C=O) groups excluding carboxylic acids is 2. The quantitative estimate of drug-likeness (QED) is 0.206. The number of halogens is 2. The molecule has 0 spiro atoms. The average Bonchev–Trinajstić information content (AvgIpc) is 2.73. The standard InChI is InChI=1S/C24H24Cl2O6/c1-13(2)11-29-23(27)31-21-16-9-8-15(25)10-18(16)22(32-24(28)30-12-14(3)4)20-17(21)6-5-7-19(20)26/h5-10,13-14H,11-12H2,1-4H3. The number of hydrogen-bond acceptors (Lipinski definition) is 6. The summed E-state index contributed by atoms with van der Waals surface area (Å²) in [4.78, 5) is 24.7. The lowest BCUT2D eigenvalue weighted by atomic mass is 10.0. The molecule has 32 heavy (non-hydrogen) atoms. The fourth-order valence-corrected chi connectivity index (χ4v) is 3.47. The Hall–Kier alpha value is -2.70. The van der Waals surface area contributed by atoms with Crippen molar-refractivity contribution in [3.05, 3.63) is 46.4 Å². The predicted octanol–water partition coefficient (Wildman–Crippen LogP) is 7.64. The van der Waals surface area contributed by atoms with Crippen molar-refractivity contribution in [1.29, 1.82) is 0 Å². The smallest absolute Gasteiger partial charge is 0.434 e. The SMILES string of the molecule is CC(C)COC(=O)Oc1c2ccc(Cl)cc2c(OC(=O)OCC(C)C)c2c(Cl)cccc12. The highest BCUT2D eigenvalue weighted by atomic mass is 35.5. The Morgan fingerprint density at radius 1 is 0.781 bits per heavy atom. The molecule has 0 saturated heterocycles. The molecule has 0 atom stereocenters. The molecule has 3 aromatic carbocycles. The Balaban J connectivity index is 2.17. The molecule has 0 aliphatic heterocycles. The number of rotatable bonds is 6. The third-order valence-electron chi connectivity index (χ3n) is 4.40. The van der Waals surface area contributed by atoms with Gasteiger partial charge in [-0.05, 0) is 36.1 Å². The van der Waals surface area contributed by atoms with Gasteiger partial charge in [0.2, 0.25) is 0 Å². The Labute approximate surface area is 196 Å². The van der Waals surface area contributed by atoms with Crippen LogP contribution in [-0.2, 0) is 9.47 Å². The van der Waals surface area contributed by atoms with Crippen molar-refractivity contribution in [3.63, 3.8) is 0 Å². The van der Waals surface area contributed by atoms with Crippen molar-refractivity contribution >= 4 is 57.1 Å². The molecule has 0 heterocycles. The average molecular weight is 479 g/mol. The molecular formula is C24H24Cl2O6. The highest BCUT2D eigenvalue weighted by Crippen LogP contribution is 2.46. The number of fused-ring (bicyclic) bond motifs is 2. The predicted molar refractivity (Wildman–Crippen MR) is 125 cm³/mol. The minimum absolute atomic E-state index is 0.140. The number of ether oxygens (including phenoxy) is 4. The van der Waals surface area contributed by atoms with Crippen molar-refractivity contribution in [3.8, 4) is 11.5 Å². The van der Waals surface area contributed by atoms with Gasteiger partial charge >= 0.3 is 12.3 Å². The van der Waals surface area contributed by atoms with E-state index in [-0.39, 0.29) is 36.5 Å². The van der Waals surface area contributed by atoms with Crippen LogP contribution in [0.2, 0.25) is 10.0 Å². The summed E-state index contributed by atoms with van der Waals surface area (Å²) in [6, 6.07) is 10.00. The van der Waals surface area contributed by atoms with E-state index in [1.807, 2.05) is 27.7 Å². The van der Waals surface area contributed by atoms with Crippen LogP contribution < -0.4 is 9.47 Å². The molecule has 3 rings (SSSR count). The van der Waals surface area contributed by atoms with Gasteiger partial charge in [-0.15, -0.1) is 0 Å². The molecule has 0 radical (unpaired) electrons. The van der Waals surface area contributed by atoms with Gasteiger partial charge in [0.1, 0.15) is 0 Å². The topological polar surface area (TPSA) is 71.1 Å². The summed E-state index contributed by atoms with van der Waals surface area (Å²) >= 11 is 12.7. The second kappa shape index (κ2) is 10.3. The Kier molecular flexibility index (Phi) is 7.69. The molecule has 8 heteroatoms. The first kappa shape index (κ1) is 24.0. The van der Waals surface area contributed by atoms with E-state index < -0.39 is 12.3 Å². The lowest BCUT2D eigenvalue weighted by molar-refractivity contribution is 0.0879. The molecule has 0 aliphatic rings. The first-order valence-electron chi connectivity index (χ1n) is 10.2. The van der Waals surface area contributed by atoms with Crippen LogP contribution in [0.3, 0.4) is 0 Å². The summed E-state index contributed by atoms with van der Waals surface area (Å²) in [5.74, 6) is 0.684. The molecule has 0 saturated carbocycles. The molecule has 0 aliphatic carbocycles. The molecule has 6 nitrogen and oxygen atoms in total. The van der Waals surface area contributed by atoms with Crippen molar-refractivity contribution < 1.29 is 28.5 Å². The van der Waals surface area contributed by atoms with Gasteiger partial charge in [0, 0.05) is 26.6 Å². The van der Waals surface area contributed by atoms with Crippen LogP contribution in [0.5, 0.6) is 11.5 Å². The van der Waals surface area contributed by atoms with Gasteiger partial charge in [0.05, 0.1) is 18.2 Å². The van der Waals surface area contributed by atoms with E-state index >= 15 is 0 Å². The van der Waals surface area contributed by atoms with E-state index in [1.54, 1.807) is 36.4 Å². The fraction of sp³-hybridized carbons (Fsp3) is 0.333. The molecule has 0 amide bonds. The maximum absolute atomic E-state index is 12.4. The first-order chi connectivity index (χ1) is 15.2. The van der Waals surface area contributed by atoms with Crippen LogP contribution in [0.25, 0.3) is 21.5 Å². The molecule has 0 bridgehead atoms. The van der Waals surface area contributed by atoms with Gasteiger partial charge in [-0.2, -0.15) is 0 Å². The third kappa shape index (κ3) is 5.56. The van der Waals surface area contributed by atoms with Crippen LogP contribution in [0.4, 0.5) is 9.59 Å². The molecule has 0 aromatic heterocycles. The summed E-state index contributed by atoms with van der Waals surface area (Å²) in [5, 5.41) is 2.50. The van der Waals surface area contributed by atoms with Crippen molar-refractivity contribution in [2.45, 2.75) is 27.7 Å². The van der Waals surface area contributed by atoms with Gasteiger partial charge in [0.25, 0.3) is 0 Å². The van der Waals surface area contributed by atoms with Crippen LogP contribution in [0.15, 0.2) is 36.4 Å². The minimum Gasteiger partial charge on any atom is -0.434 e. The molecule has 0 fully saturated rings. The third-order valence-corrected chi connectivity index (χ3v) is 4.95. The van der Waals surface area contributed by atoms with Crippen molar-refractivity contribution in [2.75, 3.05) is 13.2 Å². The van der Waals surface area contributed by atoms with Crippen LogP contribution in [0, 0.1) is 11.8 Å². The molecular weight excluding hydrogens is 455 g/mol. The van der Waals surface area contributed by atoms with E-state index in [9.17, 15) is 9.59 Å². The first-order valence-corrected chi connectivity index (χ1v) is 11.0.